The number of aryl methyl sites for hydroxylation is 1. The molecule has 0 unspecified atom stereocenters. The van der Waals surface area contributed by atoms with Crippen molar-refractivity contribution < 1.29 is 4.39 Å². The summed E-state index contributed by atoms with van der Waals surface area (Å²) < 4.78 is 13.0. The first kappa shape index (κ1) is 22.4. The lowest BCUT2D eigenvalue weighted by molar-refractivity contribution is 0.358. The standard InChI is InChI=1S/C25H32FN3S/c1-3-15-28(2)16-6-4-5-7-20-10-13-24-22(18-20)14-17-29(24)25(30)27-19-21-8-11-23(26)12-9-21/h3,8-13,18H,1,4-7,14-17,19H2,2H3,(H,27,30). The van der Waals surface area contributed by atoms with Gasteiger partial charge in [-0.3, -0.25) is 0 Å². The van der Waals surface area contributed by atoms with Crippen molar-refractivity contribution in [3.05, 3.63) is 77.6 Å². The van der Waals surface area contributed by atoms with Gasteiger partial charge in [-0.05, 0) is 86.4 Å². The van der Waals surface area contributed by atoms with Crippen molar-refractivity contribution in [2.45, 2.75) is 38.6 Å². The summed E-state index contributed by atoms with van der Waals surface area (Å²) in [6, 6.07) is 13.3. The fourth-order valence-corrected chi connectivity index (χ4v) is 4.16. The Labute approximate surface area is 185 Å². The third kappa shape index (κ3) is 6.38. The van der Waals surface area contributed by atoms with Crippen LogP contribution in [-0.2, 0) is 19.4 Å². The van der Waals surface area contributed by atoms with Crippen LogP contribution in [0.15, 0.2) is 55.1 Å². The van der Waals surface area contributed by atoms with Crippen LogP contribution >= 0.6 is 12.2 Å². The maximum Gasteiger partial charge on any atom is 0.173 e. The van der Waals surface area contributed by atoms with Crippen LogP contribution in [-0.4, -0.2) is 36.7 Å². The zero-order valence-electron chi connectivity index (χ0n) is 17.9. The highest BCUT2D eigenvalue weighted by Crippen LogP contribution is 2.29. The van der Waals surface area contributed by atoms with Gasteiger partial charge in [-0.2, -0.15) is 0 Å². The third-order valence-corrected chi connectivity index (χ3v) is 5.95. The molecule has 1 aliphatic rings. The molecule has 2 aromatic rings. The van der Waals surface area contributed by atoms with E-state index >= 15 is 0 Å². The van der Waals surface area contributed by atoms with Gasteiger partial charge >= 0.3 is 0 Å². The molecule has 3 nitrogen and oxygen atoms in total. The average molecular weight is 426 g/mol. The van der Waals surface area contributed by atoms with E-state index in [1.807, 2.05) is 6.08 Å². The second kappa shape index (κ2) is 11.2. The van der Waals surface area contributed by atoms with Crippen LogP contribution < -0.4 is 10.2 Å². The highest BCUT2D eigenvalue weighted by atomic mass is 32.1. The van der Waals surface area contributed by atoms with Crippen LogP contribution in [0.2, 0.25) is 0 Å². The summed E-state index contributed by atoms with van der Waals surface area (Å²) >= 11 is 5.62. The predicted molar refractivity (Wildman–Crippen MR) is 129 cm³/mol. The van der Waals surface area contributed by atoms with E-state index in [-0.39, 0.29) is 5.82 Å². The summed E-state index contributed by atoms with van der Waals surface area (Å²) in [5.41, 5.74) is 5.02. The normalized spacial score (nSPS) is 12.8. The minimum absolute atomic E-state index is 0.217. The number of benzene rings is 2. The average Bonchev–Trinajstić information content (AvgIpc) is 3.16. The summed E-state index contributed by atoms with van der Waals surface area (Å²) in [6.45, 7) is 7.39. The van der Waals surface area contributed by atoms with Crippen LogP contribution in [0.25, 0.3) is 0 Å². The molecule has 0 fully saturated rings. The number of nitrogens with one attached hydrogen (secondary N) is 1. The lowest BCUT2D eigenvalue weighted by Gasteiger charge is -2.21. The van der Waals surface area contributed by atoms with Crippen LogP contribution in [0.1, 0.15) is 36.0 Å². The van der Waals surface area contributed by atoms with Crippen molar-refractivity contribution in [2.75, 3.05) is 31.6 Å². The maximum absolute atomic E-state index is 13.0. The van der Waals surface area contributed by atoms with Gasteiger partial charge in [0.2, 0.25) is 0 Å². The molecule has 1 heterocycles. The Morgan fingerprint density at radius 1 is 1.17 bits per heavy atom. The van der Waals surface area contributed by atoms with Gasteiger partial charge in [0.05, 0.1) is 0 Å². The highest BCUT2D eigenvalue weighted by molar-refractivity contribution is 7.80. The Hall–Kier alpha value is -2.24. The van der Waals surface area contributed by atoms with E-state index in [2.05, 4.69) is 46.9 Å². The number of rotatable bonds is 10. The quantitative estimate of drug-likeness (QED) is 0.324. The minimum atomic E-state index is -0.217. The van der Waals surface area contributed by atoms with Crippen LogP contribution in [0.5, 0.6) is 0 Å². The Balaban J connectivity index is 1.46. The summed E-state index contributed by atoms with van der Waals surface area (Å²) in [7, 11) is 2.15. The Kier molecular flexibility index (Phi) is 8.40. The molecular formula is C25H32FN3S. The number of halogens is 1. The Morgan fingerprint density at radius 2 is 1.93 bits per heavy atom. The molecule has 30 heavy (non-hydrogen) atoms. The van der Waals surface area contributed by atoms with E-state index in [9.17, 15) is 4.39 Å². The first-order valence-electron chi connectivity index (χ1n) is 10.8. The number of unbranched alkanes of at least 4 members (excludes halogenated alkanes) is 2. The summed E-state index contributed by atoms with van der Waals surface area (Å²) in [4.78, 5) is 4.48. The SMILES string of the molecule is C=CCN(C)CCCCCc1ccc2c(c1)CCN2C(=S)NCc1ccc(F)cc1. The molecule has 2 aromatic carbocycles. The predicted octanol–water partition coefficient (Wildman–Crippen LogP) is 5.09. The zero-order chi connectivity index (χ0) is 21.3. The molecule has 0 amide bonds. The molecule has 0 bridgehead atoms. The molecule has 5 heteroatoms. The first-order chi connectivity index (χ1) is 14.6. The van der Waals surface area contributed by atoms with Crippen LogP contribution in [0.3, 0.4) is 0 Å². The number of hydrogen-bond acceptors (Lipinski definition) is 2. The fraction of sp³-hybridized carbons (Fsp3) is 0.400. The largest absolute Gasteiger partial charge is 0.358 e. The van der Waals surface area contributed by atoms with Crippen molar-refractivity contribution >= 4 is 23.0 Å². The minimum Gasteiger partial charge on any atom is -0.358 e. The van der Waals surface area contributed by atoms with E-state index in [1.54, 1.807) is 12.1 Å². The van der Waals surface area contributed by atoms with Gasteiger partial charge in [0, 0.05) is 25.3 Å². The van der Waals surface area contributed by atoms with Gasteiger partial charge in [-0.1, -0.05) is 36.8 Å². The van der Waals surface area contributed by atoms with Gasteiger partial charge in [-0.15, -0.1) is 6.58 Å². The smallest absolute Gasteiger partial charge is 0.173 e. The summed E-state index contributed by atoms with van der Waals surface area (Å²) in [5.74, 6) is -0.217. The van der Waals surface area contributed by atoms with Crippen molar-refractivity contribution in [2.24, 2.45) is 0 Å². The molecular weight excluding hydrogens is 393 g/mol. The topological polar surface area (TPSA) is 18.5 Å². The third-order valence-electron chi connectivity index (χ3n) is 5.59. The molecule has 0 saturated heterocycles. The second-order valence-corrected chi connectivity index (χ2v) is 8.40. The number of likely N-dealkylation sites (N-methyl/N-ethyl adjacent to an activating group) is 1. The van der Waals surface area contributed by atoms with Crippen LogP contribution in [0, 0.1) is 5.82 Å². The van der Waals surface area contributed by atoms with Crippen molar-refractivity contribution in [1.29, 1.82) is 0 Å². The number of thiocarbonyl (C=S) groups is 1. The summed E-state index contributed by atoms with van der Waals surface area (Å²) in [6.07, 6.45) is 7.82. The molecule has 0 atom stereocenters. The monoisotopic (exact) mass is 425 g/mol. The second-order valence-electron chi connectivity index (χ2n) is 8.01. The Morgan fingerprint density at radius 3 is 2.70 bits per heavy atom. The van der Waals surface area contributed by atoms with Gasteiger partial charge in [-0.25, -0.2) is 4.39 Å². The number of fused-ring (bicyclic) bond motifs is 1. The van der Waals surface area contributed by atoms with E-state index < -0.39 is 0 Å². The first-order valence-corrected chi connectivity index (χ1v) is 11.2. The molecule has 0 radical (unpaired) electrons. The number of nitrogens with zero attached hydrogens (tertiary/aromatic N) is 2. The molecule has 0 saturated carbocycles. The maximum atomic E-state index is 13.0. The van der Waals surface area contributed by atoms with E-state index in [0.717, 1.165) is 43.2 Å². The van der Waals surface area contributed by atoms with Crippen molar-refractivity contribution in [1.82, 2.24) is 10.2 Å². The zero-order valence-corrected chi connectivity index (χ0v) is 18.7. The van der Waals surface area contributed by atoms with Crippen LogP contribution in [0.4, 0.5) is 10.1 Å². The highest BCUT2D eigenvalue weighted by Gasteiger charge is 2.22. The van der Waals surface area contributed by atoms with Gasteiger partial charge in [0.25, 0.3) is 0 Å². The van der Waals surface area contributed by atoms with Crippen molar-refractivity contribution in [3.63, 3.8) is 0 Å². The molecule has 0 aliphatic carbocycles. The molecule has 3 rings (SSSR count). The van der Waals surface area contributed by atoms with Gasteiger partial charge < -0.3 is 15.1 Å². The number of anilines is 1. The van der Waals surface area contributed by atoms with Gasteiger partial charge in [0.15, 0.2) is 5.11 Å². The molecule has 160 valence electrons. The fourth-order valence-electron chi connectivity index (χ4n) is 3.90. The van der Waals surface area contributed by atoms with E-state index in [1.165, 1.54) is 48.2 Å². The Bertz CT molecular complexity index is 850. The van der Waals surface area contributed by atoms with E-state index in [0.29, 0.717) is 6.54 Å². The molecule has 1 aliphatic heterocycles. The summed E-state index contributed by atoms with van der Waals surface area (Å²) in [5, 5.41) is 4.04. The molecule has 0 aromatic heterocycles. The molecule has 0 spiro atoms. The van der Waals surface area contributed by atoms with E-state index in [4.69, 9.17) is 12.2 Å². The lowest BCUT2D eigenvalue weighted by atomic mass is 10.0. The van der Waals surface area contributed by atoms with Crippen molar-refractivity contribution in [3.8, 4) is 0 Å². The number of hydrogen-bond donors (Lipinski definition) is 1. The van der Waals surface area contributed by atoms with Gasteiger partial charge in [0.1, 0.15) is 5.82 Å². The lowest BCUT2D eigenvalue weighted by Crippen LogP contribution is -2.38. The molecule has 1 N–H and O–H groups in total.